The summed E-state index contributed by atoms with van der Waals surface area (Å²) in [4.78, 5) is 4.15. The number of aryl methyl sites for hydroxylation is 1. The Kier molecular flexibility index (Phi) is 10.3. The molecular formula is C19H27F3IN5O. The highest BCUT2D eigenvalue weighted by molar-refractivity contribution is 14.0. The fourth-order valence-corrected chi connectivity index (χ4v) is 2.56. The van der Waals surface area contributed by atoms with Crippen molar-refractivity contribution >= 4 is 29.9 Å². The van der Waals surface area contributed by atoms with Crippen LogP contribution in [0.15, 0.2) is 41.7 Å². The summed E-state index contributed by atoms with van der Waals surface area (Å²) in [6, 6.07) is 4.92. The van der Waals surface area contributed by atoms with Crippen molar-refractivity contribution in [1.29, 1.82) is 0 Å². The maximum atomic E-state index is 12.8. The molecule has 2 aromatic rings. The molecule has 162 valence electrons. The zero-order chi connectivity index (χ0) is 20.6. The van der Waals surface area contributed by atoms with Crippen molar-refractivity contribution in [3.05, 3.63) is 47.8 Å². The Bertz CT molecular complexity index is 779. The number of alkyl halides is 3. The quantitative estimate of drug-likeness (QED) is 0.314. The average molecular weight is 525 g/mol. The fraction of sp³-hybridized carbons (Fsp3) is 0.474. The van der Waals surface area contributed by atoms with E-state index in [2.05, 4.69) is 20.7 Å². The van der Waals surface area contributed by atoms with Crippen molar-refractivity contribution in [1.82, 2.24) is 20.4 Å². The molecule has 0 aliphatic heterocycles. The van der Waals surface area contributed by atoms with Crippen LogP contribution in [-0.2, 0) is 19.6 Å². The van der Waals surface area contributed by atoms with Crippen molar-refractivity contribution in [2.24, 2.45) is 12.0 Å². The van der Waals surface area contributed by atoms with E-state index in [9.17, 15) is 13.2 Å². The number of benzene rings is 1. The highest BCUT2D eigenvalue weighted by Gasteiger charge is 2.30. The molecule has 2 rings (SSSR count). The first-order valence-electron chi connectivity index (χ1n) is 9.07. The molecular weight excluding hydrogens is 498 g/mol. The largest absolute Gasteiger partial charge is 0.489 e. The minimum Gasteiger partial charge on any atom is -0.489 e. The van der Waals surface area contributed by atoms with Gasteiger partial charge in [-0.1, -0.05) is 13.0 Å². The van der Waals surface area contributed by atoms with Gasteiger partial charge in [0.25, 0.3) is 0 Å². The Balaban J connectivity index is 0.00000420. The van der Waals surface area contributed by atoms with Gasteiger partial charge in [-0.2, -0.15) is 18.3 Å². The van der Waals surface area contributed by atoms with Gasteiger partial charge in [0.2, 0.25) is 0 Å². The third-order valence-electron chi connectivity index (χ3n) is 4.10. The van der Waals surface area contributed by atoms with E-state index < -0.39 is 11.7 Å². The molecule has 1 aromatic carbocycles. The second kappa shape index (κ2) is 11.9. The van der Waals surface area contributed by atoms with E-state index in [4.69, 9.17) is 4.74 Å². The van der Waals surface area contributed by atoms with E-state index in [1.54, 1.807) is 11.7 Å². The molecule has 6 nitrogen and oxygen atoms in total. The number of hydrogen-bond donors (Lipinski definition) is 2. The summed E-state index contributed by atoms with van der Waals surface area (Å²) >= 11 is 0. The molecule has 29 heavy (non-hydrogen) atoms. The van der Waals surface area contributed by atoms with Crippen LogP contribution in [0.4, 0.5) is 13.2 Å². The lowest BCUT2D eigenvalue weighted by molar-refractivity contribution is -0.137. The molecule has 2 N–H and O–H groups in total. The molecule has 0 saturated carbocycles. The molecule has 1 heterocycles. The minimum atomic E-state index is -4.39. The van der Waals surface area contributed by atoms with Crippen molar-refractivity contribution in [3.63, 3.8) is 0 Å². The Labute approximate surface area is 185 Å². The lowest BCUT2D eigenvalue weighted by atomic mass is 10.2. The number of aromatic nitrogens is 2. The fourth-order valence-electron chi connectivity index (χ4n) is 2.56. The number of guanidine groups is 1. The Morgan fingerprint density at radius 1 is 1.31 bits per heavy atom. The topological polar surface area (TPSA) is 63.5 Å². The van der Waals surface area contributed by atoms with Crippen LogP contribution in [0, 0.1) is 0 Å². The summed E-state index contributed by atoms with van der Waals surface area (Å²) < 4.78 is 46.0. The lowest BCUT2D eigenvalue weighted by Crippen LogP contribution is -2.43. The van der Waals surface area contributed by atoms with E-state index >= 15 is 0 Å². The second-order valence-electron chi connectivity index (χ2n) is 6.33. The van der Waals surface area contributed by atoms with E-state index in [0.29, 0.717) is 25.5 Å². The van der Waals surface area contributed by atoms with Crippen LogP contribution >= 0.6 is 24.0 Å². The maximum absolute atomic E-state index is 12.8. The summed E-state index contributed by atoms with van der Waals surface area (Å²) in [7, 11) is 3.53. The predicted octanol–water partition coefficient (Wildman–Crippen LogP) is 3.62. The molecule has 0 fully saturated rings. The normalized spacial score (nSPS) is 12.8. The summed E-state index contributed by atoms with van der Waals surface area (Å²) in [5, 5.41) is 10.5. The van der Waals surface area contributed by atoms with Crippen LogP contribution in [0.2, 0.25) is 0 Å². The van der Waals surface area contributed by atoms with Crippen LogP contribution in [-0.4, -0.2) is 42.0 Å². The molecule has 0 spiro atoms. The predicted molar refractivity (Wildman–Crippen MR) is 118 cm³/mol. The molecule has 10 heteroatoms. The van der Waals surface area contributed by atoms with Gasteiger partial charge in [-0.05, 0) is 36.6 Å². The highest BCUT2D eigenvalue weighted by atomic mass is 127. The van der Waals surface area contributed by atoms with Crippen LogP contribution in [0.25, 0.3) is 0 Å². The van der Waals surface area contributed by atoms with E-state index in [1.807, 2.05) is 26.4 Å². The Hall–Kier alpha value is -1.98. The molecule has 1 atom stereocenters. The number of ether oxygens (including phenoxy) is 1. The zero-order valence-electron chi connectivity index (χ0n) is 16.7. The van der Waals surface area contributed by atoms with Crippen LogP contribution in [0.3, 0.4) is 0 Å². The number of nitrogens with zero attached hydrogens (tertiary/aromatic N) is 3. The van der Waals surface area contributed by atoms with Gasteiger partial charge in [0.05, 0.1) is 18.3 Å². The number of aliphatic imine (C=N–C) groups is 1. The van der Waals surface area contributed by atoms with Gasteiger partial charge in [0.15, 0.2) is 5.96 Å². The van der Waals surface area contributed by atoms with Crippen molar-refractivity contribution in [2.45, 2.75) is 32.0 Å². The van der Waals surface area contributed by atoms with Gasteiger partial charge in [-0.3, -0.25) is 9.67 Å². The van der Waals surface area contributed by atoms with Gasteiger partial charge in [0, 0.05) is 26.8 Å². The minimum absolute atomic E-state index is 0. The maximum Gasteiger partial charge on any atom is 0.416 e. The Morgan fingerprint density at radius 2 is 2.07 bits per heavy atom. The summed E-state index contributed by atoms with van der Waals surface area (Å²) in [6.07, 6.45) is 0.518. The van der Waals surface area contributed by atoms with E-state index in [-0.39, 0.29) is 35.8 Å². The number of nitrogens with one attached hydrogen (secondary N) is 2. The first kappa shape index (κ1) is 25.1. The van der Waals surface area contributed by atoms with Crippen molar-refractivity contribution in [2.75, 3.05) is 20.1 Å². The first-order valence-corrected chi connectivity index (χ1v) is 9.07. The molecule has 0 saturated heterocycles. The van der Waals surface area contributed by atoms with Crippen LogP contribution in [0.5, 0.6) is 5.75 Å². The van der Waals surface area contributed by atoms with Crippen molar-refractivity contribution < 1.29 is 17.9 Å². The SMILES string of the molecule is CCC(CNC(=NC)NCCc1cnn(C)c1)Oc1cccc(C(F)(F)F)c1.I. The van der Waals surface area contributed by atoms with Gasteiger partial charge in [-0.15, -0.1) is 24.0 Å². The smallest absolute Gasteiger partial charge is 0.416 e. The number of rotatable bonds is 8. The average Bonchev–Trinajstić information content (AvgIpc) is 3.08. The third kappa shape index (κ3) is 8.50. The summed E-state index contributed by atoms with van der Waals surface area (Å²) in [5.41, 5.74) is 0.394. The first-order chi connectivity index (χ1) is 13.3. The van der Waals surface area contributed by atoms with Gasteiger partial charge >= 0.3 is 6.18 Å². The molecule has 1 aromatic heterocycles. The molecule has 0 aliphatic carbocycles. The van der Waals surface area contributed by atoms with Crippen molar-refractivity contribution in [3.8, 4) is 5.75 Å². The van der Waals surface area contributed by atoms with Gasteiger partial charge < -0.3 is 15.4 Å². The molecule has 0 radical (unpaired) electrons. The van der Waals surface area contributed by atoms with E-state index in [0.717, 1.165) is 24.1 Å². The highest BCUT2D eigenvalue weighted by Crippen LogP contribution is 2.31. The zero-order valence-corrected chi connectivity index (χ0v) is 19.0. The molecule has 0 bridgehead atoms. The summed E-state index contributed by atoms with van der Waals surface area (Å²) in [6.45, 7) is 3.01. The molecule has 1 unspecified atom stereocenters. The van der Waals surface area contributed by atoms with Crippen LogP contribution < -0.4 is 15.4 Å². The molecule has 0 amide bonds. The number of hydrogen-bond acceptors (Lipinski definition) is 3. The monoisotopic (exact) mass is 525 g/mol. The van der Waals surface area contributed by atoms with Gasteiger partial charge in [0.1, 0.15) is 11.9 Å². The summed E-state index contributed by atoms with van der Waals surface area (Å²) in [5.74, 6) is 0.804. The standard InChI is InChI=1S/C19H26F3N5O.HI/c1-4-16(28-17-7-5-6-15(10-17)19(20,21)22)12-25-18(23-2)24-9-8-14-11-26-27(3)13-14;/h5-7,10-11,13,16H,4,8-9,12H2,1-3H3,(H2,23,24,25);1H. The number of halogens is 4. The third-order valence-corrected chi connectivity index (χ3v) is 4.10. The molecule has 0 aliphatic rings. The van der Waals surface area contributed by atoms with Gasteiger partial charge in [-0.25, -0.2) is 0 Å². The second-order valence-corrected chi connectivity index (χ2v) is 6.33. The Morgan fingerprint density at radius 3 is 2.66 bits per heavy atom. The lowest BCUT2D eigenvalue weighted by Gasteiger charge is -2.20. The van der Waals surface area contributed by atoms with E-state index in [1.165, 1.54) is 12.1 Å². The van der Waals surface area contributed by atoms with Crippen LogP contribution in [0.1, 0.15) is 24.5 Å².